The van der Waals surface area contributed by atoms with Gasteiger partial charge in [-0.1, -0.05) is 25.1 Å². The standard InChI is InChI=1S/C16H22N2O/c1-3-17-13(2)7-6-11-18-12-10-14-8-4-5-9-15(14)16(18)19/h4-5,8-10,12-13,17H,3,6-7,11H2,1-2H3. The van der Waals surface area contributed by atoms with Crippen LogP contribution < -0.4 is 10.9 Å². The van der Waals surface area contributed by atoms with E-state index in [4.69, 9.17) is 0 Å². The number of aromatic nitrogens is 1. The quantitative estimate of drug-likeness (QED) is 0.864. The second kappa shape index (κ2) is 6.53. The molecular weight excluding hydrogens is 236 g/mol. The number of aryl methyl sites for hydroxylation is 1. The summed E-state index contributed by atoms with van der Waals surface area (Å²) >= 11 is 0. The van der Waals surface area contributed by atoms with Crippen LogP contribution in [0.4, 0.5) is 0 Å². The van der Waals surface area contributed by atoms with E-state index in [0.717, 1.165) is 36.7 Å². The predicted molar refractivity (Wildman–Crippen MR) is 80.6 cm³/mol. The molecule has 0 aliphatic heterocycles. The normalized spacial score (nSPS) is 12.7. The molecule has 0 spiro atoms. The number of hydrogen-bond donors (Lipinski definition) is 1. The summed E-state index contributed by atoms with van der Waals surface area (Å²) in [5, 5.41) is 5.22. The Labute approximate surface area is 114 Å². The molecule has 3 nitrogen and oxygen atoms in total. The highest BCUT2D eigenvalue weighted by molar-refractivity contribution is 5.81. The van der Waals surface area contributed by atoms with Crippen molar-refractivity contribution in [1.82, 2.24) is 9.88 Å². The maximum Gasteiger partial charge on any atom is 0.258 e. The summed E-state index contributed by atoms with van der Waals surface area (Å²) in [7, 11) is 0. The molecule has 0 aliphatic carbocycles. The fraction of sp³-hybridized carbons (Fsp3) is 0.438. The van der Waals surface area contributed by atoms with Crippen LogP contribution in [0.1, 0.15) is 26.7 Å². The molecule has 0 saturated carbocycles. The van der Waals surface area contributed by atoms with E-state index in [1.165, 1.54) is 0 Å². The molecule has 1 heterocycles. The van der Waals surface area contributed by atoms with E-state index in [9.17, 15) is 4.79 Å². The first-order chi connectivity index (χ1) is 9.22. The number of fused-ring (bicyclic) bond motifs is 1. The Morgan fingerprint density at radius 3 is 2.84 bits per heavy atom. The molecule has 2 rings (SSSR count). The molecule has 2 aromatic rings. The van der Waals surface area contributed by atoms with Crippen LogP contribution in [-0.2, 0) is 6.54 Å². The van der Waals surface area contributed by atoms with Gasteiger partial charge in [0.2, 0.25) is 0 Å². The average molecular weight is 258 g/mol. The van der Waals surface area contributed by atoms with Crippen molar-refractivity contribution in [1.29, 1.82) is 0 Å². The number of rotatable bonds is 6. The minimum Gasteiger partial charge on any atom is -0.315 e. The molecule has 3 heteroatoms. The lowest BCUT2D eigenvalue weighted by Gasteiger charge is -2.12. The van der Waals surface area contributed by atoms with Gasteiger partial charge in [-0.15, -0.1) is 0 Å². The molecule has 19 heavy (non-hydrogen) atoms. The van der Waals surface area contributed by atoms with E-state index in [1.807, 2.05) is 41.1 Å². The van der Waals surface area contributed by atoms with Crippen molar-refractivity contribution >= 4 is 10.8 Å². The van der Waals surface area contributed by atoms with E-state index < -0.39 is 0 Å². The van der Waals surface area contributed by atoms with Gasteiger partial charge in [0.05, 0.1) is 0 Å². The Balaban J connectivity index is 2.05. The highest BCUT2D eigenvalue weighted by Gasteiger charge is 2.03. The number of nitrogens with one attached hydrogen (secondary N) is 1. The van der Waals surface area contributed by atoms with E-state index >= 15 is 0 Å². The lowest BCUT2D eigenvalue weighted by atomic mass is 10.1. The first kappa shape index (κ1) is 13.8. The molecule has 0 amide bonds. The average Bonchev–Trinajstić information content (AvgIpc) is 2.42. The van der Waals surface area contributed by atoms with Crippen molar-refractivity contribution in [3.63, 3.8) is 0 Å². The second-order valence-corrected chi connectivity index (χ2v) is 5.00. The SMILES string of the molecule is CCNC(C)CCCn1ccc2ccccc2c1=O. The summed E-state index contributed by atoms with van der Waals surface area (Å²) in [6.07, 6.45) is 4.02. The molecule has 0 radical (unpaired) electrons. The maximum atomic E-state index is 12.3. The summed E-state index contributed by atoms with van der Waals surface area (Å²) in [4.78, 5) is 12.3. The summed E-state index contributed by atoms with van der Waals surface area (Å²) in [5.41, 5.74) is 0.120. The van der Waals surface area contributed by atoms with Crippen molar-refractivity contribution in [2.75, 3.05) is 6.54 Å². The zero-order valence-corrected chi connectivity index (χ0v) is 11.7. The van der Waals surface area contributed by atoms with Gasteiger partial charge in [0.25, 0.3) is 5.56 Å². The number of nitrogens with zero attached hydrogens (tertiary/aromatic N) is 1. The molecule has 1 atom stereocenters. The molecule has 1 N–H and O–H groups in total. The number of benzene rings is 1. The minimum absolute atomic E-state index is 0.120. The molecule has 0 aliphatic rings. The van der Waals surface area contributed by atoms with Crippen molar-refractivity contribution < 1.29 is 0 Å². The number of hydrogen-bond acceptors (Lipinski definition) is 2. The van der Waals surface area contributed by atoms with Crippen LogP contribution in [0.15, 0.2) is 41.3 Å². The molecule has 0 bridgehead atoms. The van der Waals surface area contributed by atoms with Crippen LogP contribution in [-0.4, -0.2) is 17.2 Å². The summed E-state index contributed by atoms with van der Waals surface area (Å²) in [6.45, 7) is 6.09. The Morgan fingerprint density at radius 1 is 1.26 bits per heavy atom. The van der Waals surface area contributed by atoms with Crippen molar-refractivity contribution in [3.05, 3.63) is 46.9 Å². The molecule has 0 saturated heterocycles. The third-order valence-corrected chi connectivity index (χ3v) is 3.47. The predicted octanol–water partition coefficient (Wildman–Crippen LogP) is 2.78. The van der Waals surface area contributed by atoms with E-state index in [1.54, 1.807) is 0 Å². The van der Waals surface area contributed by atoms with Gasteiger partial charge in [-0.3, -0.25) is 4.79 Å². The minimum atomic E-state index is 0.120. The topological polar surface area (TPSA) is 34.0 Å². The van der Waals surface area contributed by atoms with Crippen LogP contribution >= 0.6 is 0 Å². The van der Waals surface area contributed by atoms with Crippen molar-refractivity contribution in [3.8, 4) is 0 Å². The molecule has 1 aromatic heterocycles. The van der Waals surface area contributed by atoms with Gasteiger partial charge in [-0.25, -0.2) is 0 Å². The van der Waals surface area contributed by atoms with Gasteiger partial charge >= 0.3 is 0 Å². The van der Waals surface area contributed by atoms with Crippen molar-refractivity contribution in [2.24, 2.45) is 0 Å². The Kier molecular flexibility index (Phi) is 4.74. The lowest BCUT2D eigenvalue weighted by molar-refractivity contribution is 0.483. The highest BCUT2D eigenvalue weighted by atomic mass is 16.1. The van der Waals surface area contributed by atoms with E-state index in [-0.39, 0.29) is 5.56 Å². The van der Waals surface area contributed by atoms with Gasteiger partial charge in [0, 0.05) is 24.2 Å². The largest absolute Gasteiger partial charge is 0.315 e. The van der Waals surface area contributed by atoms with Crippen LogP contribution in [0.3, 0.4) is 0 Å². The summed E-state index contributed by atoms with van der Waals surface area (Å²) < 4.78 is 1.82. The lowest BCUT2D eigenvalue weighted by Crippen LogP contribution is -2.26. The molecule has 102 valence electrons. The smallest absolute Gasteiger partial charge is 0.258 e. The summed E-state index contributed by atoms with van der Waals surface area (Å²) in [5.74, 6) is 0. The van der Waals surface area contributed by atoms with Gasteiger partial charge in [-0.05, 0) is 43.8 Å². The monoisotopic (exact) mass is 258 g/mol. The second-order valence-electron chi connectivity index (χ2n) is 5.00. The Bertz CT molecular complexity index is 589. The molecule has 0 fully saturated rings. The first-order valence-electron chi connectivity index (χ1n) is 7.04. The Hall–Kier alpha value is -1.61. The fourth-order valence-electron chi connectivity index (χ4n) is 2.42. The summed E-state index contributed by atoms with van der Waals surface area (Å²) in [6, 6.07) is 10.3. The third-order valence-electron chi connectivity index (χ3n) is 3.47. The number of pyridine rings is 1. The van der Waals surface area contributed by atoms with Crippen LogP contribution in [0, 0.1) is 0 Å². The van der Waals surface area contributed by atoms with Crippen molar-refractivity contribution in [2.45, 2.75) is 39.3 Å². The van der Waals surface area contributed by atoms with Gasteiger partial charge in [0.1, 0.15) is 0 Å². The maximum absolute atomic E-state index is 12.3. The molecule has 1 aromatic carbocycles. The molecular formula is C16H22N2O. The van der Waals surface area contributed by atoms with Crippen LogP contribution in [0.25, 0.3) is 10.8 Å². The van der Waals surface area contributed by atoms with Crippen LogP contribution in [0.5, 0.6) is 0 Å². The fourth-order valence-corrected chi connectivity index (χ4v) is 2.42. The van der Waals surface area contributed by atoms with Gasteiger partial charge < -0.3 is 9.88 Å². The zero-order chi connectivity index (χ0) is 13.7. The first-order valence-corrected chi connectivity index (χ1v) is 7.04. The Morgan fingerprint density at radius 2 is 2.05 bits per heavy atom. The van der Waals surface area contributed by atoms with Gasteiger partial charge in [-0.2, -0.15) is 0 Å². The third kappa shape index (κ3) is 3.44. The van der Waals surface area contributed by atoms with Crippen LogP contribution in [0.2, 0.25) is 0 Å². The zero-order valence-electron chi connectivity index (χ0n) is 11.7. The van der Waals surface area contributed by atoms with E-state index in [0.29, 0.717) is 6.04 Å². The highest BCUT2D eigenvalue weighted by Crippen LogP contribution is 2.08. The van der Waals surface area contributed by atoms with Gasteiger partial charge in [0.15, 0.2) is 0 Å². The molecule has 1 unspecified atom stereocenters. The van der Waals surface area contributed by atoms with E-state index in [2.05, 4.69) is 19.2 Å².